The number of carbonyl (C=O) groups excluding carboxylic acids is 2. The summed E-state index contributed by atoms with van der Waals surface area (Å²) in [5.74, 6) is 0.00876. The third-order valence-electron chi connectivity index (χ3n) is 2.98. The van der Waals surface area contributed by atoms with Crippen molar-refractivity contribution in [3.05, 3.63) is 0 Å². The Balaban J connectivity index is 2.11. The van der Waals surface area contributed by atoms with Crippen LogP contribution < -0.4 is 5.32 Å². The van der Waals surface area contributed by atoms with Crippen molar-refractivity contribution in [3.8, 4) is 0 Å². The summed E-state index contributed by atoms with van der Waals surface area (Å²) in [4.78, 5) is 24.0. The average Bonchev–Trinajstić information content (AvgIpc) is 2.55. The Bertz CT molecular complexity index is 237. The van der Waals surface area contributed by atoms with Crippen molar-refractivity contribution in [1.82, 2.24) is 10.2 Å². The molecular formula is C12H22N2O2. The van der Waals surface area contributed by atoms with Crippen LogP contribution in [0.1, 0.15) is 46.0 Å². The Labute approximate surface area is 97.4 Å². The van der Waals surface area contributed by atoms with Crippen molar-refractivity contribution < 1.29 is 9.59 Å². The van der Waals surface area contributed by atoms with Crippen molar-refractivity contribution >= 4 is 11.8 Å². The molecule has 0 aliphatic carbocycles. The van der Waals surface area contributed by atoms with Crippen LogP contribution in [-0.2, 0) is 9.59 Å². The first-order valence-corrected chi connectivity index (χ1v) is 6.21. The molecule has 1 atom stereocenters. The highest BCUT2D eigenvalue weighted by atomic mass is 16.2. The van der Waals surface area contributed by atoms with Crippen LogP contribution in [0.25, 0.3) is 0 Å². The zero-order valence-corrected chi connectivity index (χ0v) is 10.3. The van der Waals surface area contributed by atoms with Gasteiger partial charge in [-0.25, -0.2) is 0 Å². The van der Waals surface area contributed by atoms with Gasteiger partial charge in [-0.3, -0.25) is 14.5 Å². The molecule has 1 heterocycles. The number of amides is 2. The van der Waals surface area contributed by atoms with Gasteiger partial charge in [0.15, 0.2) is 0 Å². The van der Waals surface area contributed by atoms with E-state index in [-0.39, 0.29) is 11.8 Å². The summed E-state index contributed by atoms with van der Waals surface area (Å²) in [7, 11) is 0. The van der Waals surface area contributed by atoms with E-state index < -0.39 is 0 Å². The predicted molar refractivity (Wildman–Crippen MR) is 62.9 cm³/mol. The monoisotopic (exact) mass is 226 g/mol. The third kappa shape index (κ3) is 3.93. The molecule has 1 N–H and O–H groups in total. The largest absolute Gasteiger partial charge is 0.315 e. The average molecular weight is 226 g/mol. The SMILES string of the molecule is CCNC(C)CCCCN1C(=O)CCC1=O. The van der Waals surface area contributed by atoms with E-state index in [1.807, 2.05) is 0 Å². The van der Waals surface area contributed by atoms with E-state index in [2.05, 4.69) is 19.2 Å². The number of hydrogen-bond donors (Lipinski definition) is 1. The van der Waals surface area contributed by atoms with Crippen LogP contribution in [-0.4, -0.2) is 35.8 Å². The molecule has 1 rings (SSSR count). The number of imide groups is 1. The van der Waals surface area contributed by atoms with Crippen molar-refractivity contribution in [1.29, 1.82) is 0 Å². The maximum Gasteiger partial charge on any atom is 0.229 e. The number of nitrogens with zero attached hydrogens (tertiary/aromatic N) is 1. The Morgan fingerprint density at radius 3 is 2.44 bits per heavy atom. The smallest absolute Gasteiger partial charge is 0.229 e. The second-order valence-electron chi connectivity index (χ2n) is 4.39. The van der Waals surface area contributed by atoms with Crippen LogP contribution in [0.3, 0.4) is 0 Å². The molecule has 0 spiro atoms. The number of hydrogen-bond acceptors (Lipinski definition) is 3. The molecule has 0 saturated carbocycles. The molecule has 1 aliphatic rings. The second-order valence-corrected chi connectivity index (χ2v) is 4.39. The van der Waals surface area contributed by atoms with E-state index in [0.717, 1.165) is 25.8 Å². The van der Waals surface area contributed by atoms with Crippen LogP contribution in [0.2, 0.25) is 0 Å². The van der Waals surface area contributed by atoms with Crippen LogP contribution >= 0.6 is 0 Å². The van der Waals surface area contributed by atoms with Gasteiger partial charge in [0, 0.05) is 25.4 Å². The Hall–Kier alpha value is -0.900. The molecule has 0 aromatic rings. The summed E-state index contributed by atoms with van der Waals surface area (Å²) in [5.41, 5.74) is 0. The Kier molecular flexibility index (Phi) is 5.46. The van der Waals surface area contributed by atoms with Crippen molar-refractivity contribution in [2.24, 2.45) is 0 Å². The molecule has 2 amide bonds. The Morgan fingerprint density at radius 2 is 1.88 bits per heavy atom. The zero-order valence-electron chi connectivity index (χ0n) is 10.3. The summed E-state index contributed by atoms with van der Waals surface area (Å²) in [6.45, 7) is 5.86. The van der Waals surface area contributed by atoms with E-state index >= 15 is 0 Å². The summed E-state index contributed by atoms with van der Waals surface area (Å²) in [6, 6.07) is 0.523. The summed E-state index contributed by atoms with van der Waals surface area (Å²) in [6.07, 6.45) is 3.90. The van der Waals surface area contributed by atoms with Gasteiger partial charge in [-0.05, 0) is 26.3 Å². The molecular weight excluding hydrogens is 204 g/mol. The summed E-state index contributed by atoms with van der Waals surface area (Å²) < 4.78 is 0. The minimum atomic E-state index is 0.00438. The molecule has 1 saturated heterocycles. The van der Waals surface area contributed by atoms with E-state index in [4.69, 9.17) is 0 Å². The van der Waals surface area contributed by atoms with Gasteiger partial charge in [0.1, 0.15) is 0 Å². The molecule has 1 aliphatic heterocycles. The lowest BCUT2D eigenvalue weighted by Gasteiger charge is -2.15. The van der Waals surface area contributed by atoms with Crippen molar-refractivity contribution in [3.63, 3.8) is 0 Å². The highest BCUT2D eigenvalue weighted by Crippen LogP contribution is 2.13. The number of rotatable bonds is 7. The molecule has 16 heavy (non-hydrogen) atoms. The minimum Gasteiger partial charge on any atom is -0.315 e. The quantitative estimate of drug-likeness (QED) is 0.526. The molecule has 0 bridgehead atoms. The molecule has 4 nitrogen and oxygen atoms in total. The fourth-order valence-electron chi connectivity index (χ4n) is 2.04. The lowest BCUT2D eigenvalue weighted by Crippen LogP contribution is -2.30. The van der Waals surface area contributed by atoms with Crippen LogP contribution in [0, 0.1) is 0 Å². The van der Waals surface area contributed by atoms with Crippen molar-refractivity contribution in [2.45, 2.75) is 52.0 Å². The van der Waals surface area contributed by atoms with Crippen LogP contribution in [0.5, 0.6) is 0 Å². The van der Waals surface area contributed by atoms with Crippen LogP contribution in [0.4, 0.5) is 0 Å². The molecule has 0 radical (unpaired) electrons. The first kappa shape index (κ1) is 13.2. The predicted octanol–water partition coefficient (Wildman–Crippen LogP) is 1.30. The molecule has 0 aromatic heterocycles. The minimum absolute atomic E-state index is 0.00438. The maximum atomic E-state index is 11.3. The Morgan fingerprint density at radius 1 is 1.25 bits per heavy atom. The highest BCUT2D eigenvalue weighted by molar-refractivity contribution is 6.01. The maximum absolute atomic E-state index is 11.3. The summed E-state index contributed by atoms with van der Waals surface area (Å²) >= 11 is 0. The number of nitrogens with one attached hydrogen (secondary N) is 1. The fourth-order valence-corrected chi connectivity index (χ4v) is 2.04. The standard InChI is InChI=1S/C12H22N2O2/c1-3-13-10(2)6-4-5-9-14-11(15)7-8-12(14)16/h10,13H,3-9H2,1-2H3. The number of unbranched alkanes of at least 4 members (excludes halogenated alkanes) is 1. The fraction of sp³-hybridized carbons (Fsp3) is 0.833. The molecule has 4 heteroatoms. The van der Waals surface area contributed by atoms with E-state index in [1.54, 1.807) is 0 Å². The molecule has 1 unspecified atom stereocenters. The number of carbonyl (C=O) groups is 2. The van der Waals surface area contributed by atoms with E-state index in [9.17, 15) is 9.59 Å². The van der Waals surface area contributed by atoms with E-state index in [0.29, 0.717) is 25.4 Å². The molecule has 1 fully saturated rings. The summed E-state index contributed by atoms with van der Waals surface area (Å²) in [5, 5.41) is 3.34. The topological polar surface area (TPSA) is 49.4 Å². The second kappa shape index (κ2) is 6.63. The van der Waals surface area contributed by atoms with Crippen molar-refractivity contribution in [2.75, 3.05) is 13.1 Å². The van der Waals surface area contributed by atoms with Gasteiger partial charge in [-0.2, -0.15) is 0 Å². The normalized spacial score (nSPS) is 18.2. The van der Waals surface area contributed by atoms with E-state index in [1.165, 1.54) is 4.90 Å². The van der Waals surface area contributed by atoms with Gasteiger partial charge >= 0.3 is 0 Å². The lowest BCUT2D eigenvalue weighted by atomic mass is 10.1. The lowest BCUT2D eigenvalue weighted by molar-refractivity contribution is -0.138. The first-order valence-electron chi connectivity index (χ1n) is 6.21. The van der Waals surface area contributed by atoms with Gasteiger partial charge in [0.25, 0.3) is 0 Å². The van der Waals surface area contributed by atoms with Gasteiger partial charge in [-0.15, -0.1) is 0 Å². The molecule has 0 aromatic carbocycles. The van der Waals surface area contributed by atoms with Crippen LogP contribution in [0.15, 0.2) is 0 Å². The zero-order chi connectivity index (χ0) is 12.0. The van der Waals surface area contributed by atoms with Gasteiger partial charge in [0.2, 0.25) is 11.8 Å². The first-order chi connectivity index (χ1) is 7.65. The van der Waals surface area contributed by atoms with Gasteiger partial charge < -0.3 is 5.32 Å². The van der Waals surface area contributed by atoms with Gasteiger partial charge in [0.05, 0.1) is 0 Å². The van der Waals surface area contributed by atoms with Gasteiger partial charge in [-0.1, -0.05) is 13.3 Å². The highest BCUT2D eigenvalue weighted by Gasteiger charge is 2.27. The molecule has 92 valence electrons. The number of likely N-dealkylation sites (tertiary alicyclic amines) is 1. The third-order valence-corrected chi connectivity index (χ3v) is 2.98.